The fourth-order valence-corrected chi connectivity index (χ4v) is 3.91. The molecule has 8 nitrogen and oxygen atoms in total. The van der Waals surface area contributed by atoms with Crippen molar-refractivity contribution >= 4 is 41.2 Å². The maximum Gasteiger partial charge on any atom is 0.414 e. The van der Waals surface area contributed by atoms with Gasteiger partial charge in [0, 0.05) is 13.6 Å². The molecule has 0 aliphatic carbocycles. The van der Waals surface area contributed by atoms with E-state index in [1.54, 1.807) is 29.0 Å². The number of halogens is 1. The van der Waals surface area contributed by atoms with Crippen molar-refractivity contribution in [2.45, 2.75) is 12.6 Å². The quantitative estimate of drug-likeness (QED) is 0.674. The first-order valence-corrected chi connectivity index (χ1v) is 10.5. The van der Waals surface area contributed by atoms with Crippen molar-refractivity contribution in [3.8, 4) is 0 Å². The van der Waals surface area contributed by atoms with Crippen molar-refractivity contribution in [1.29, 1.82) is 0 Å². The van der Waals surface area contributed by atoms with Crippen LogP contribution in [0.4, 0.5) is 25.4 Å². The molecule has 0 radical (unpaired) electrons. The predicted molar refractivity (Wildman–Crippen MR) is 120 cm³/mol. The zero-order valence-corrected chi connectivity index (χ0v) is 18.4. The topological polar surface area (TPSA) is 73.4 Å². The van der Waals surface area contributed by atoms with Crippen LogP contribution in [0.25, 0.3) is 0 Å². The minimum absolute atomic E-state index is 0.0776. The Morgan fingerprint density at radius 3 is 2.66 bits per heavy atom. The molecule has 4 rings (SSSR count). The normalized spacial score (nSPS) is 18.3. The number of likely N-dealkylation sites (N-methyl/N-ethyl adjacent to an activating group) is 1. The van der Waals surface area contributed by atoms with E-state index in [4.69, 9.17) is 4.74 Å². The molecule has 2 aromatic carbocycles. The third-order valence-electron chi connectivity index (χ3n) is 5.50. The smallest absolute Gasteiger partial charge is 0.414 e. The van der Waals surface area contributed by atoms with E-state index in [0.29, 0.717) is 17.9 Å². The van der Waals surface area contributed by atoms with Crippen molar-refractivity contribution in [1.82, 2.24) is 9.80 Å². The van der Waals surface area contributed by atoms with E-state index in [1.165, 1.54) is 15.9 Å². The number of amides is 3. The van der Waals surface area contributed by atoms with Crippen LogP contribution in [-0.2, 0) is 16.1 Å². The lowest BCUT2D eigenvalue weighted by atomic mass is 10.2. The van der Waals surface area contributed by atoms with Crippen LogP contribution in [0.3, 0.4) is 0 Å². The lowest BCUT2D eigenvalue weighted by Crippen LogP contribution is -2.33. The Labute approximate surface area is 190 Å². The Balaban J connectivity index is 1.43. The Bertz CT molecular complexity index is 1040. The molecule has 1 atom stereocenters. The molecule has 32 heavy (non-hydrogen) atoms. The van der Waals surface area contributed by atoms with Crippen LogP contribution < -0.4 is 9.80 Å². The summed E-state index contributed by atoms with van der Waals surface area (Å²) in [5.41, 5.74) is 1.65. The molecule has 2 fully saturated rings. The largest absolute Gasteiger partial charge is 0.442 e. The van der Waals surface area contributed by atoms with Gasteiger partial charge in [-0.25, -0.2) is 9.18 Å². The Morgan fingerprint density at radius 1 is 1.22 bits per heavy atom. The van der Waals surface area contributed by atoms with Gasteiger partial charge < -0.3 is 19.4 Å². The summed E-state index contributed by atoms with van der Waals surface area (Å²) in [6, 6.07) is 14.1. The average Bonchev–Trinajstić information content (AvgIpc) is 3.30. The van der Waals surface area contributed by atoms with Crippen molar-refractivity contribution in [2.75, 3.05) is 43.2 Å². The zero-order chi connectivity index (χ0) is 22.8. The van der Waals surface area contributed by atoms with Gasteiger partial charge in [-0.1, -0.05) is 43.0 Å². The molecule has 0 bridgehead atoms. The molecule has 2 aromatic rings. The molecule has 0 unspecified atom stereocenters. The number of nitrogens with zero attached hydrogens (tertiary/aromatic N) is 4. The molecule has 0 spiro atoms. The Hall–Kier alpha value is -3.27. The molecule has 0 saturated carbocycles. The summed E-state index contributed by atoms with van der Waals surface area (Å²) >= 11 is 3.74. The lowest BCUT2D eigenvalue weighted by Gasteiger charge is -2.21. The highest BCUT2D eigenvalue weighted by atomic mass is 32.1. The lowest BCUT2D eigenvalue weighted by molar-refractivity contribution is -0.127. The summed E-state index contributed by atoms with van der Waals surface area (Å²) < 4.78 is 20.2. The van der Waals surface area contributed by atoms with E-state index in [0.717, 1.165) is 5.56 Å². The van der Waals surface area contributed by atoms with E-state index < -0.39 is 23.3 Å². The predicted octanol–water partition coefficient (Wildman–Crippen LogP) is 2.94. The Kier molecular flexibility index (Phi) is 6.22. The summed E-state index contributed by atoms with van der Waals surface area (Å²) in [6.45, 7) is 1.21. The first-order valence-electron chi connectivity index (χ1n) is 10.1. The molecular weight excluding hydrogens is 435 g/mol. The summed E-state index contributed by atoms with van der Waals surface area (Å²) in [5, 5.41) is -0.434. The van der Waals surface area contributed by atoms with Gasteiger partial charge in [-0.2, -0.15) is 0 Å². The maximum atomic E-state index is 15.0. The van der Waals surface area contributed by atoms with E-state index in [9.17, 15) is 18.8 Å². The number of rotatable bonds is 6. The number of ether oxygens (including phenoxy) is 1. The number of carbonyl (C=O) groups excluding carboxylic acids is 3. The summed E-state index contributed by atoms with van der Waals surface area (Å²) in [5.74, 6) is -0.609. The summed E-state index contributed by atoms with van der Waals surface area (Å²) in [4.78, 5) is 41.9. The molecule has 10 heteroatoms. The molecule has 0 aromatic heterocycles. The van der Waals surface area contributed by atoms with Crippen molar-refractivity contribution in [2.24, 2.45) is 0 Å². The number of thiol groups is 1. The molecule has 2 aliphatic heterocycles. The highest BCUT2D eigenvalue weighted by molar-refractivity contribution is 7.96. The van der Waals surface area contributed by atoms with Crippen LogP contribution in [0.1, 0.15) is 5.56 Å². The van der Waals surface area contributed by atoms with Gasteiger partial charge in [0.1, 0.15) is 11.9 Å². The van der Waals surface area contributed by atoms with E-state index >= 15 is 0 Å². The summed E-state index contributed by atoms with van der Waals surface area (Å²) in [6.07, 6.45) is -1.14. The van der Waals surface area contributed by atoms with Crippen LogP contribution >= 0.6 is 12.6 Å². The molecular formula is C22H23FN4O4S. The highest BCUT2D eigenvalue weighted by Gasteiger charge is 2.34. The minimum atomic E-state index is -0.604. The first-order chi connectivity index (χ1) is 15.3. The van der Waals surface area contributed by atoms with Crippen molar-refractivity contribution in [3.63, 3.8) is 0 Å². The maximum absolute atomic E-state index is 15.0. The number of hydrogen-bond acceptors (Lipinski definition) is 5. The van der Waals surface area contributed by atoms with Crippen LogP contribution in [0.2, 0.25) is 0 Å². The number of carbonyl (C=O) groups is 3. The number of cyclic esters (lactones) is 1. The first kappa shape index (κ1) is 21.9. The minimum Gasteiger partial charge on any atom is -0.442 e. The molecule has 0 N–H and O–H groups in total. The molecule has 3 amide bonds. The van der Waals surface area contributed by atoms with E-state index in [-0.39, 0.29) is 32.2 Å². The molecule has 2 saturated heterocycles. The van der Waals surface area contributed by atoms with Gasteiger partial charge >= 0.3 is 6.09 Å². The molecule has 2 heterocycles. The number of anilines is 2. The van der Waals surface area contributed by atoms with Gasteiger partial charge in [0.15, 0.2) is 0 Å². The van der Waals surface area contributed by atoms with Gasteiger partial charge in [-0.15, -0.1) is 0 Å². The van der Waals surface area contributed by atoms with Gasteiger partial charge in [0.2, 0.25) is 5.91 Å². The second kappa shape index (κ2) is 9.07. The zero-order valence-electron chi connectivity index (χ0n) is 17.5. The number of benzene rings is 2. The standard InChI is InChI=1S/C22H23FN4O4S/c1-24(22(30)32)11-17-12-27(21(29)31-17)16-7-8-19(18(23)9-16)25-13-20(28)26(14-25)10-15-5-3-2-4-6-15/h2-9,17H,10-14H2,1H3,(H,30,32)/t17-/m1/s1. The second-order valence-corrected chi connectivity index (χ2v) is 8.21. The SMILES string of the molecule is CN(C[C@@H]1CN(c2ccc(N3CC(=O)N(Cc4ccccc4)C3)c(F)c2)C(=O)O1)C(=O)S. The fraction of sp³-hybridized carbons (Fsp3) is 0.318. The van der Waals surface area contributed by atoms with Gasteiger partial charge in [-0.05, 0) is 23.8 Å². The van der Waals surface area contributed by atoms with Gasteiger partial charge in [-0.3, -0.25) is 14.5 Å². The average molecular weight is 459 g/mol. The monoisotopic (exact) mass is 458 g/mol. The molecule has 168 valence electrons. The van der Waals surface area contributed by atoms with Crippen molar-refractivity contribution < 1.29 is 23.5 Å². The fourth-order valence-electron chi connectivity index (χ4n) is 3.83. The van der Waals surface area contributed by atoms with E-state index in [2.05, 4.69) is 12.6 Å². The van der Waals surface area contributed by atoms with Gasteiger partial charge in [0.25, 0.3) is 5.24 Å². The second-order valence-electron chi connectivity index (χ2n) is 7.83. The Morgan fingerprint density at radius 2 is 1.97 bits per heavy atom. The van der Waals surface area contributed by atoms with Crippen LogP contribution in [0.15, 0.2) is 48.5 Å². The third-order valence-corrected chi connectivity index (χ3v) is 5.84. The van der Waals surface area contributed by atoms with E-state index in [1.807, 2.05) is 30.3 Å². The number of hydrogen-bond donors (Lipinski definition) is 1. The van der Waals surface area contributed by atoms with Crippen LogP contribution in [-0.4, -0.2) is 66.5 Å². The molecule has 2 aliphatic rings. The van der Waals surface area contributed by atoms with Crippen LogP contribution in [0, 0.1) is 5.82 Å². The third kappa shape index (κ3) is 4.64. The van der Waals surface area contributed by atoms with Crippen LogP contribution in [0.5, 0.6) is 0 Å². The van der Waals surface area contributed by atoms with Crippen molar-refractivity contribution in [3.05, 3.63) is 59.9 Å². The summed E-state index contributed by atoms with van der Waals surface area (Å²) in [7, 11) is 1.55. The van der Waals surface area contributed by atoms with Gasteiger partial charge in [0.05, 0.1) is 37.7 Å². The highest BCUT2D eigenvalue weighted by Crippen LogP contribution is 2.30.